The Kier molecular flexibility index (Phi) is 3.83. The van der Waals surface area contributed by atoms with Gasteiger partial charge in [-0.15, -0.1) is 5.10 Å². The molecule has 0 radical (unpaired) electrons. The second-order valence-electron chi connectivity index (χ2n) is 3.40. The number of hydrogen-bond acceptors (Lipinski definition) is 6. The summed E-state index contributed by atoms with van der Waals surface area (Å²) in [6, 6.07) is 6.65. The van der Waals surface area contributed by atoms with Crippen molar-refractivity contribution < 1.29 is 13.7 Å². The maximum atomic E-state index is 12.4. The predicted octanol–water partition coefficient (Wildman–Crippen LogP) is 1.80. The summed E-state index contributed by atoms with van der Waals surface area (Å²) in [6.45, 7) is 1.73. The molecule has 0 amide bonds. The second kappa shape index (κ2) is 5.36. The van der Waals surface area contributed by atoms with E-state index in [2.05, 4.69) is 14.3 Å². The number of benzene rings is 1. The average Bonchev–Trinajstić information content (AvgIpc) is 2.83. The zero-order valence-electron chi connectivity index (χ0n) is 9.75. The SMILES string of the molecule is COC(=O)c1ccccc1[S@@](=O)c1snnc1C. The van der Waals surface area contributed by atoms with Crippen molar-refractivity contribution in [2.24, 2.45) is 0 Å². The first-order valence-corrected chi connectivity index (χ1v) is 6.95. The Balaban J connectivity index is 2.49. The van der Waals surface area contributed by atoms with E-state index in [1.807, 2.05) is 0 Å². The molecule has 0 spiro atoms. The molecule has 94 valence electrons. The van der Waals surface area contributed by atoms with Crippen LogP contribution in [0.25, 0.3) is 0 Å². The van der Waals surface area contributed by atoms with E-state index in [9.17, 15) is 9.00 Å². The Labute approximate surface area is 110 Å². The van der Waals surface area contributed by atoms with Crippen LogP contribution in [-0.4, -0.2) is 26.9 Å². The Hall–Kier alpha value is -1.60. The third kappa shape index (κ3) is 2.32. The summed E-state index contributed by atoms with van der Waals surface area (Å²) in [6.07, 6.45) is 0. The van der Waals surface area contributed by atoms with Gasteiger partial charge in [-0.25, -0.2) is 9.00 Å². The molecule has 1 atom stereocenters. The van der Waals surface area contributed by atoms with Crippen LogP contribution in [0.5, 0.6) is 0 Å². The maximum Gasteiger partial charge on any atom is 0.339 e. The molecule has 5 nitrogen and oxygen atoms in total. The molecule has 0 bridgehead atoms. The number of methoxy groups -OCH3 is 1. The molecule has 2 aromatic rings. The monoisotopic (exact) mass is 282 g/mol. The fraction of sp³-hybridized carbons (Fsp3) is 0.182. The van der Waals surface area contributed by atoms with Crippen LogP contribution < -0.4 is 0 Å². The van der Waals surface area contributed by atoms with E-state index in [4.69, 9.17) is 0 Å². The van der Waals surface area contributed by atoms with Gasteiger partial charge in [0.25, 0.3) is 0 Å². The summed E-state index contributed by atoms with van der Waals surface area (Å²) in [7, 11) is -0.175. The lowest BCUT2D eigenvalue weighted by Crippen LogP contribution is -2.07. The zero-order valence-corrected chi connectivity index (χ0v) is 11.4. The predicted molar refractivity (Wildman–Crippen MR) is 67.1 cm³/mol. The molecular weight excluding hydrogens is 272 g/mol. The summed E-state index contributed by atoms with van der Waals surface area (Å²) in [5.41, 5.74) is 0.907. The molecule has 0 N–H and O–H groups in total. The van der Waals surface area contributed by atoms with E-state index in [0.29, 0.717) is 20.4 Å². The molecule has 0 saturated carbocycles. The highest BCUT2D eigenvalue weighted by Crippen LogP contribution is 2.24. The van der Waals surface area contributed by atoms with Crippen LogP contribution in [0.1, 0.15) is 16.1 Å². The van der Waals surface area contributed by atoms with Gasteiger partial charge in [0, 0.05) is 0 Å². The third-order valence-corrected chi connectivity index (χ3v) is 4.96. The van der Waals surface area contributed by atoms with Crippen molar-refractivity contribution >= 4 is 28.3 Å². The van der Waals surface area contributed by atoms with Crippen LogP contribution in [0.4, 0.5) is 0 Å². The van der Waals surface area contributed by atoms with E-state index < -0.39 is 16.8 Å². The average molecular weight is 282 g/mol. The lowest BCUT2D eigenvalue weighted by molar-refractivity contribution is 0.0596. The summed E-state index contributed by atoms with van der Waals surface area (Å²) < 4.78 is 21.4. The maximum absolute atomic E-state index is 12.4. The highest BCUT2D eigenvalue weighted by atomic mass is 32.2. The fourth-order valence-corrected chi connectivity index (χ4v) is 3.51. The van der Waals surface area contributed by atoms with Crippen LogP contribution in [0.2, 0.25) is 0 Å². The van der Waals surface area contributed by atoms with Crippen molar-refractivity contribution in [3.8, 4) is 0 Å². The first-order chi connectivity index (χ1) is 8.65. The van der Waals surface area contributed by atoms with Crippen molar-refractivity contribution in [2.75, 3.05) is 7.11 Å². The van der Waals surface area contributed by atoms with Crippen LogP contribution >= 0.6 is 11.5 Å². The van der Waals surface area contributed by atoms with E-state index in [1.165, 1.54) is 7.11 Å². The minimum absolute atomic E-state index is 0.297. The van der Waals surface area contributed by atoms with Gasteiger partial charge in [-0.05, 0) is 30.6 Å². The van der Waals surface area contributed by atoms with E-state index in [0.717, 1.165) is 11.5 Å². The van der Waals surface area contributed by atoms with E-state index >= 15 is 0 Å². The third-order valence-electron chi connectivity index (χ3n) is 2.27. The minimum atomic E-state index is -1.47. The molecule has 1 aromatic heterocycles. The van der Waals surface area contributed by atoms with Gasteiger partial charge >= 0.3 is 5.97 Å². The number of ether oxygens (including phenoxy) is 1. The molecule has 18 heavy (non-hydrogen) atoms. The molecule has 0 aliphatic heterocycles. The molecule has 1 heterocycles. The molecule has 0 aliphatic rings. The molecule has 1 aromatic carbocycles. The van der Waals surface area contributed by atoms with Crippen LogP contribution in [-0.2, 0) is 15.5 Å². The number of rotatable bonds is 3. The minimum Gasteiger partial charge on any atom is -0.465 e. The molecule has 0 saturated heterocycles. The van der Waals surface area contributed by atoms with Gasteiger partial charge in [0.2, 0.25) is 0 Å². The van der Waals surface area contributed by atoms with Crippen molar-refractivity contribution in [3.05, 3.63) is 35.5 Å². The van der Waals surface area contributed by atoms with Crippen molar-refractivity contribution in [1.82, 2.24) is 9.59 Å². The summed E-state index contributed by atoms with van der Waals surface area (Å²) in [5, 5.41) is 3.82. The highest BCUT2D eigenvalue weighted by Gasteiger charge is 2.20. The van der Waals surface area contributed by atoms with Crippen molar-refractivity contribution in [2.45, 2.75) is 16.0 Å². The molecular formula is C11H10N2O3S2. The van der Waals surface area contributed by atoms with E-state index in [-0.39, 0.29) is 0 Å². The van der Waals surface area contributed by atoms with Gasteiger partial charge < -0.3 is 4.74 Å². The summed E-state index contributed by atoms with van der Waals surface area (Å²) in [4.78, 5) is 12.0. The van der Waals surface area contributed by atoms with Crippen LogP contribution in [0.15, 0.2) is 33.4 Å². The fourth-order valence-electron chi connectivity index (χ4n) is 1.40. The van der Waals surface area contributed by atoms with Gasteiger partial charge in [0.05, 0.1) is 34.1 Å². The highest BCUT2D eigenvalue weighted by molar-refractivity contribution is 7.87. The Morgan fingerprint density at radius 1 is 1.39 bits per heavy atom. The normalized spacial score (nSPS) is 12.1. The topological polar surface area (TPSA) is 69.2 Å². The van der Waals surface area contributed by atoms with Crippen molar-refractivity contribution in [3.63, 3.8) is 0 Å². The largest absolute Gasteiger partial charge is 0.465 e. The number of hydrogen-bond donors (Lipinski definition) is 0. The smallest absolute Gasteiger partial charge is 0.339 e. The van der Waals surface area contributed by atoms with Gasteiger partial charge in [0.1, 0.15) is 4.21 Å². The Morgan fingerprint density at radius 3 is 2.72 bits per heavy atom. The second-order valence-corrected chi connectivity index (χ2v) is 5.80. The number of nitrogens with zero attached hydrogens (tertiary/aromatic N) is 2. The summed E-state index contributed by atoms with van der Waals surface area (Å²) >= 11 is 1.07. The number of aryl methyl sites for hydroxylation is 1. The zero-order chi connectivity index (χ0) is 13.1. The van der Waals surface area contributed by atoms with Crippen LogP contribution in [0, 0.1) is 6.92 Å². The molecule has 7 heteroatoms. The lowest BCUT2D eigenvalue weighted by Gasteiger charge is -2.06. The quantitative estimate of drug-likeness (QED) is 0.803. The first-order valence-electron chi connectivity index (χ1n) is 5.03. The Morgan fingerprint density at radius 2 is 2.11 bits per heavy atom. The number of carbonyl (C=O) groups is 1. The number of carbonyl (C=O) groups excluding carboxylic acids is 1. The standard InChI is InChI=1S/C11H10N2O3S2/c1-7-11(17-13-12-7)18(15)9-6-4-3-5-8(9)10(14)16-2/h3-6H,1-2H3/t18-/m1/s1. The van der Waals surface area contributed by atoms with Crippen LogP contribution in [0.3, 0.4) is 0 Å². The van der Waals surface area contributed by atoms with E-state index in [1.54, 1.807) is 31.2 Å². The summed E-state index contributed by atoms with van der Waals surface area (Å²) in [5.74, 6) is -0.505. The molecule has 0 fully saturated rings. The Bertz CT molecular complexity index is 610. The van der Waals surface area contributed by atoms with Gasteiger partial charge in [0.15, 0.2) is 0 Å². The number of aromatic nitrogens is 2. The molecule has 2 rings (SSSR count). The lowest BCUT2D eigenvalue weighted by atomic mass is 10.2. The first kappa shape index (κ1) is 12.8. The molecule has 0 aliphatic carbocycles. The number of esters is 1. The van der Waals surface area contributed by atoms with Crippen molar-refractivity contribution in [1.29, 1.82) is 0 Å². The van der Waals surface area contributed by atoms with Gasteiger partial charge in [-0.2, -0.15) is 0 Å². The molecule has 0 unspecified atom stereocenters. The van der Waals surface area contributed by atoms with Gasteiger partial charge in [-0.3, -0.25) is 0 Å². The van der Waals surface area contributed by atoms with Gasteiger partial charge in [-0.1, -0.05) is 16.6 Å².